The number of pyridine rings is 1. The van der Waals surface area contributed by atoms with Crippen molar-refractivity contribution in [2.45, 2.75) is 6.54 Å². The smallest absolute Gasteiger partial charge is 0.0619 e. The Hall–Kier alpha value is -1.45. The monoisotopic (exact) mass is 229 g/mol. The summed E-state index contributed by atoms with van der Waals surface area (Å²) in [5.74, 6) is 0. The standard InChI is InChI=1S/C14H19N3/c1-17(2)10-9-15-11-14-13-6-4-3-5-12(13)7-8-16-14/h3-8,15H,9-11H2,1-2H3. The van der Waals surface area contributed by atoms with Gasteiger partial charge in [-0.1, -0.05) is 24.3 Å². The highest BCUT2D eigenvalue weighted by Crippen LogP contribution is 2.15. The first kappa shape index (κ1) is 12.0. The van der Waals surface area contributed by atoms with E-state index < -0.39 is 0 Å². The molecule has 17 heavy (non-hydrogen) atoms. The second-order valence-corrected chi connectivity index (χ2v) is 4.46. The van der Waals surface area contributed by atoms with E-state index in [1.807, 2.05) is 6.20 Å². The van der Waals surface area contributed by atoms with Crippen molar-refractivity contribution in [2.75, 3.05) is 27.2 Å². The van der Waals surface area contributed by atoms with Crippen LogP contribution in [0.15, 0.2) is 36.5 Å². The number of fused-ring (bicyclic) bond motifs is 1. The summed E-state index contributed by atoms with van der Waals surface area (Å²) in [5, 5.41) is 5.92. The molecule has 0 saturated heterocycles. The lowest BCUT2D eigenvalue weighted by Gasteiger charge is -2.11. The van der Waals surface area contributed by atoms with Crippen LogP contribution in [-0.2, 0) is 6.54 Å². The highest BCUT2D eigenvalue weighted by Gasteiger charge is 2.00. The van der Waals surface area contributed by atoms with E-state index in [0.29, 0.717) is 0 Å². The van der Waals surface area contributed by atoms with Gasteiger partial charge in [0.15, 0.2) is 0 Å². The Morgan fingerprint density at radius 2 is 2.00 bits per heavy atom. The van der Waals surface area contributed by atoms with Crippen LogP contribution >= 0.6 is 0 Å². The number of benzene rings is 1. The number of likely N-dealkylation sites (N-methyl/N-ethyl adjacent to an activating group) is 1. The number of nitrogens with zero attached hydrogens (tertiary/aromatic N) is 2. The fraction of sp³-hybridized carbons (Fsp3) is 0.357. The molecule has 1 N–H and O–H groups in total. The maximum absolute atomic E-state index is 4.45. The molecule has 0 spiro atoms. The lowest BCUT2D eigenvalue weighted by Crippen LogP contribution is -2.26. The Balaban J connectivity index is 2.03. The number of hydrogen-bond acceptors (Lipinski definition) is 3. The summed E-state index contributed by atoms with van der Waals surface area (Å²) in [6.07, 6.45) is 1.88. The van der Waals surface area contributed by atoms with E-state index in [0.717, 1.165) is 25.3 Å². The number of rotatable bonds is 5. The highest BCUT2D eigenvalue weighted by molar-refractivity contribution is 5.84. The van der Waals surface area contributed by atoms with E-state index in [4.69, 9.17) is 0 Å². The summed E-state index contributed by atoms with van der Waals surface area (Å²) in [4.78, 5) is 6.62. The Morgan fingerprint density at radius 3 is 2.82 bits per heavy atom. The van der Waals surface area contributed by atoms with Gasteiger partial charge in [0.05, 0.1) is 5.69 Å². The molecule has 0 saturated carbocycles. The Morgan fingerprint density at radius 1 is 1.18 bits per heavy atom. The maximum atomic E-state index is 4.45. The van der Waals surface area contributed by atoms with Crippen molar-refractivity contribution in [1.82, 2.24) is 15.2 Å². The molecule has 0 unspecified atom stereocenters. The van der Waals surface area contributed by atoms with Crippen molar-refractivity contribution in [3.63, 3.8) is 0 Å². The van der Waals surface area contributed by atoms with Crippen LogP contribution in [0.4, 0.5) is 0 Å². The third-order valence-electron chi connectivity index (χ3n) is 2.78. The minimum atomic E-state index is 0.829. The molecule has 90 valence electrons. The summed E-state index contributed by atoms with van der Waals surface area (Å²) < 4.78 is 0. The van der Waals surface area contributed by atoms with Crippen LogP contribution in [-0.4, -0.2) is 37.1 Å². The van der Waals surface area contributed by atoms with Crippen LogP contribution in [0.3, 0.4) is 0 Å². The van der Waals surface area contributed by atoms with Crippen LogP contribution in [0.25, 0.3) is 10.8 Å². The molecule has 1 aromatic heterocycles. The minimum Gasteiger partial charge on any atom is -0.310 e. The first-order chi connectivity index (χ1) is 8.27. The molecule has 0 bridgehead atoms. The minimum absolute atomic E-state index is 0.829. The predicted molar refractivity (Wildman–Crippen MR) is 72.0 cm³/mol. The molecule has 2 rings (SSSR count). The lowest BCUT2D eigenvalue weighted by molar-refractivity contribution is 0.399. The van der Waals surface area contributed by atoms with Gasteiger partial charge in [-0.25, -0.2) is 0 Å². The zero-order valence-electron chi connectivity index (χ0n) is 10.5. The van der Waals surface area contributed by atoms with Gasteiger partial charge in [-0.3, -0.25) is 4.98 Å². The highest BCUT2D eigenvalue weighted by atomic mass is 15.1. The van der Waals surface area contributed by atoms with E-state index in [-0.39, 0.29) is 0 Å². The molecule has 0 aliphatic carbocycles. The van der Waals surface area contributed by atoms with Crippen LogP contribution in [0.2, 0.25) is 0 Å². The van der Waals surface area contributed by atoms with Crippen molar-refractivity contribution < 1.29 is 0 Å². The molecule has 1 heterocycles. The van der Waals surface area contributed by atoms with Crippen LogP contribution in [0.1, 0.15) is 5.69 Å². The van der Waals surface area contributed by atoms with Gasteiger partial charge in [-0.05, 0) is 25.5 Å². The van der Waals surface area contributed by atoms with E-state index in [2.05, 4.69) is 59.6 Å². The first-order valence-corrected chi connectivity index (χ1v) is 5.95. The molecule has 0 radical (unpaired) electrons. The second kappa shape index (κ2) is 5.75. The molecule has 0 aliphatic rings. The second-order valence-electron chi connectivity index (χ2n) is 4.46. The quantitative estimate of drug-likeness (QED) is 0.794. The Labute approximate surface area is 102 Å². The van der Waals surface area contributed by atoms with E-state index in [1.165, 1.54) is 10.8 Å². The van der Waals surface area contributed by atoms with Gasteiger partial charge in [-0.2, -0.15) is 0 Å². The fourth-order valence-electron chi connectivity index (χ4n) is 1.83. The Bertz CT molecular complexity index is 474. The number of aromatic nitrogens is 1. The topological polar surface area (TPSA) is 28.2 Å². The van der Waals surface area contributed by atoms with E-state index in [1.54, 1.807) is 0 Å². The first-order valence-electron chi connectivity index (χ1n) is 5.95. The van der Waals surface area contributed by atoms with Gasteiger partial charge in [0.1, 0.15) is 0 Å². The van der Waals surface area contributed by atoms with Gasteiger partial charge in [0.2, 0.25) is 0 Å². The average Bonchev–Trinajstić information content (AvgIpc) is 2.34. The number of hydrogen-bond donors (Lipinski definition) is 1. The SMILES string of the molecule is CN(C)CCNCc1nccc2ccccc12. The summed E-state index contributed by atoms with van der Waals surface area (Å²) in [5.41, 5.74) is 1.13. The molecule has 2 aromatic rings. The van der Waals surface area contributed by atoms with Crippen LogP contribution in [0.5, 0.6) is 0 Å². The van der Waals surface area contributed by atoms with Crippen molar-refractivity contribution in [1.29, 1.82) is 0 Å². The summed E-state index contributed by atoms with van der Waals surface area (Å²) >= 11 is 0. The average molecular weight is 229 g/mol. The normalized spacial score (nSPS) is 11.2. The van der Waals surface area contributed by atoms with Gasteiger partial charge >= 0.3 is 0 Å². The van der Waals surface area contributed by atoms with Crippen molar-refractivity contribution in [3.05, 3.63) is 42.2 Å². The van der Waals surface area contributed by atoms with Gasteiger partial charge in [-0.15, -0.1) is 0 Å². The fourth-order valence-corrected chi connectivity index (χ4v) is 1.83. The van der Waals surface area contributed by atoms with Gasteiger partial charge < -0.3 is 10.2 Å². The van der Waals surface area contributed by atoms with E-state index >= 15 is 0 Å². The van der Waals surface area contributed by atoms with Crippen LogP contribution < -0.4 is 5.32 Å². The summed E-state index contributed by atoms with van der Waals surface area (Å²) in [6, 6.07) is 10.4. The molecule has 3 nitrogen and oxygen atoms in total. The Kier molecular flexibility index (Phi) is 4.07. The van der Waals surface area contributed by atoms with Crippen molar-refractivity contribution in [3.8, 4) is 0 Å². The van der Waals surface area contributed by atoms with Crippen molar-refractivity contribution >= 4 is 10.8 Å². The number of nitrogens with one attached hydrogen (secondary N) is 1. The largest absolute Gasteiger partial charge is 0.310 e. The molecule has 3 heteroatoms. The third kappa shape index (κ3) is 3.25. The third-order valence-corrected chi connectivity index (χ3v) is 2.78. The van der Waals surface area contributed by atoms with E-state index in [9.17, 15) is 0 Å². The molecular weight excluding hydrogens is 210 g/mol. The van der Waals surface area contributed by atoms with Gasteiger partial charge in [0, 0.05) is 31.2 Å². The van der Waals surface area contributed by atoms with Crippen LogP contribution in [0, 0.1) is 0 Å². The van der Waals surface area contributed by atoms with Crippen molar-refractivity contribution in [2.24, 2.45) is 0 Å². The summed E-state index contributed by atoms with van der Waals surface area (Å²) in [6.45, 7) is 2.86. The molecule has 0 amide bonds. The summed E-state index contributed by atoms with van der Waals surface area (Å²) in [7, 11) is 4.16. The van der Waals surface area contributed by atoms with Gasteiger partial charge in [0.25, 0.3) is 0 Å². The molecular formula is C14H19N3. The zero-order chi connectivity index (χ0) is 12.1. The lowest BCUT2D eigenvalue weighted by atomic mass is 10.1. The molecule has 0 fully saturated rings. The predicted octanol–water partition coefficient (Wildman–Crippen LogP) is 1.89. The zero-order valence-corrected chi connectivity index (χ0v) is 10.5. The maximum Gasteiger partial charge on any atom is 0.0619 e. The molecule has 1 aromatic carbocycles. The molecule has 0 atom stereocenters. The molecule has 0 aliphatic heterocycles.